The summed E-state index contributed by atoms with van der Waals surface area (Å²) in [7, 11) is -1.31. The van der Waals surface area contributed by atoms with Gasteiger partial charge in [-0.15, -0.1) is 0 Å². The van der Waals surface area contributed by atoms with Gasteiger partial charge in [0, 0.05) is 22.3 Å². The van der Waals surface area contributed by atoms with E-state index in [0.29, 0.717) is 12.2 Å². The maximum atomic E-state index is 12.0. The molecule has 0 heterocycles. The summed E-state index contributed by atoms with van der Waals surface area (Å²) in [6.07, 6.45) is 0.333. The second kappa shape index (κ2) is 8.32. The van der Waals surface area contributed by atoms with E-state index in [1.165, 1.54) is 0 Å². The van der Waals surface area contributed by atoms with E-state index in [2.05, 4.69) is 0 Å². The molecule has 0 radical (unpaired) electrons. The van der Waals surface area contributed by atoms with Crippen LogP contribution >= 0.6 is 11.8 Å². The molecule has 0 aromatic heterocycles. The lowest BCUT2D eigenvalue weighted by molar-refractivity contribution is -0.136. The molecule has 100 valence electrons. The summed E-state index contributed by atoms with van der Waals surface area (Å²) in [5.41, 5.74) is 0.918. The first-order valence-corrected chi connectivity index (χ1v) is 8.40. The van der Waals surface area contributed by atoms with Crippen molar-refractivity contribution in [1.82, 2.24) is 0 Å². The lowest BCUT2D eigenvalue weighted by Crippen LogP contribution is -2.30. The highest BCUT2D eigenvalue weighted by atomic mass is 32.2. The molecular formula is C13H18O3S2. The summed E-state index contributed by atoms with van der Waals surface area (Å²) in [4.78, 5) is 11.2. The maximum Gasteiger partial charge on any atom is 0.319 e. The van der Waals surface area contributed by atoms with Crippen molar-refractivity contribution in [2.45, 2.75) is 18.6 Å². The Morgan fingerprint density at radius 3 is 2.61 bits per heavy atom. The number of thioether (sulfide) groups is 1. The monoisotopic (exact) mass is 286 g/mol. The molecule has 5 heteroatoms. The van der Waals surface area contributed by atoms with Crippen LogP contribution in [0.1, 0.15) is 12.5 Å². The van der Waals surface area contributed by atoms with Crippen LogP contribution in [0, 0.1) is 0 Å². The quantitative estimate of drug-likeness (QED) is 0.744. The minimum Gasteiger partial charge on any atom is -0.480 e. The lowest BCUT2D eigenvalue weighted by Gasteiger charge is -2.12. The first kappa shape index (κ1) is 15.2. The molecule has 0 aliphatic carbocycles. The zero-order valence-electron chi connectivity index (χ0n) is 10.4. The van der Waals surface area contributed by atoms with Crippen LogP contribution in [0.4, 0.5) is 0 Å². The normalized spacial score (nSPS) is 14.1. The number of benzene rings is 1. The van der Waals surface area contributed by atoms with Gasteiger partial charge in [0.05, 0.1) is 0 Å². The highest BCUT2D eigenvalue weighted by molar-refractivity contribution is 8.00. The summed E-state index contributed by atoms with van der Waals surface area (Å²) >= 11 is 1.69. The molecule has 0 fully saturated rings. The van der Waals surface area contributed by atoms with Gasteiger partial charge in [-0.25, -0.2) is 0 Å². The van der Waals surface area contributed by atoms with Crippen molar-refractivity contribution >= 4 is 28.5 Å². The molecule has 0 saturated carbocycles. The molecule has 0 spiro atoms. The van der Waals surface area contributed by atoms with Gasteiger partial charge in [-0.3, -0.25) is 9.00 Å². The summed E-state index contributed by atoms with van der Waals surface area (Å²) < 4.78 is 12.0. The molecule has 0 amide bonds. The van der Waals surface area contributed by atoms with Gasteiger partial charge >= 0.3 is 5.97 Å². The zero-order chi connectivity index (χ0) is 13.4. The van der Waals surface area contributed by atoms with Gasteiger partial charge < -0.3 is 5.11 Å². The van der Waals surface area contributed by atoms with Crippen LogP contribution in [0.3, 0.4) is 0 Å². The number of aliphatic carboxylic acids is 1. The third-order valence-electron chi connectivity index (χ3n) is 2.49. The van der Waals surface area contributed by atoms with E-state index in [0.717, 1.165) is 17.1 Å². The summed E-state index contributed by atoms with van der Waals surface area (Å²) in [5, 5.41) is 8.36. The fourth-order valence-electron chi connectivity index (χ4n) is 1.55. The first-order valence-electron chi connectivity index (χ1n) is 5.86. The van der Waals surface area contributed by atoms with Gasteiger partial charge in [0.1, 0.15) is 5.25 Å². The number of hydrogen-bond donors (Lipinski definition) is 1. The van der Waals surface area contributed by atoms with E-state index in [4.69, 9.17) is 5.11 Å². The molecule has 1 aromatic rings. The van der Waals surface area contributed by atoms with Crippen LogP contribution in [0.15, 0.2) is 30.3 Å². The third-order valence-corrected chi connectivity index (χ3v) is 5.26. The van der Waals surface area contributed by atoms with Crippen molar-refractivity contribution in [2.24, 2.45) is 0 Å². The molecule has 0 bridgehead atoms. The predicted molar refractivity (Wildman–Crippen MR) is 77.6 cm³/mol. The Balaban J connectivity index is 2.60. The minimum atomic E-state index is -1.31. The van der Waals surface area contributed by atoms with Gasteiger partial charge in [0.25, 0.3) is 0 Å². The molecule has 1 rings (SSSR count). The smallest absolute Gasteiger partial charge is 0.319 e. The Bertz CT molecular complexity index is 392. The number of carbonyl (C=O) groups is 1. The number of carboxylic acid groups (broad SMARTS) is 1. The van der Waals surface area contributed by atoms with Gasteiger partial charge in [0.15, 0.2) is 0 Å². The topological polar surface area (TPSA) is 54.4 Å². The van der Waals surface area contributed by atoms with Gasteiger partial charge in [-0.2, -0.15) is 11.8 Å². The number of hydrogen-bond acceptors (Lipinski definition) is 3. The van der Waals surface area contributed by atoms with Crippen molar-refractivity contribution in [3.8, 4) is 0 Å². The van der Waals surface area contributed by atoms with E-state index in [-0.39, 0.29) is 0 Å². The average Bonchev–Trinajstić information content (AvgIpc) is 2.37. The van der Waals surface area contributed by atoms with Crippen molar-refractivity contribution in [2.75, 3.05) is 17.3 Å². The van der Waals surface area contributed by atoms with Gasteiger partial charge in [0.2, 0.25) is 0 Å². The summed E-state index contributed by atoms with van der Waals surface area (Å²) in [5.74, 6) is 1.19. The van der Waals surface area contributed by atoms with E-state index < -0.39 is 22.0 Å². The van der Waals surface area contributed by atoms with Crippen molar-refractivity contribution in [1.29, 1.82) is 0 Å². The average molecular weight is 286 g/mol. The van der Waals surface area contributed by atoms with Crippen LogP contribution < -0.4 is 0 Å². The Morgan fingerprint density at radius 2 is 2.06 bits per heavy atom. The predicted octanol–water partition coefficient (Wildman–Crippen LogP) is 2.18. The Morgan fingerprint density at radius 1 is 1.39 bits per heavy atom. The van der Waals surface area contributed by atoms with Crippen LogP contribution in [0.25, 0.3) is 0 Å². The fraction of sp³-hybridized carbons (Fsp3) is 0.462. The van der Waals surface area contributed by atoms with Crippen LogP contribution in [0.2, 0.25) is 0 Å². The zero-order valence-corrected chi connectivity index (χ0v) is 12.0. The molecule has 0 aliphatic rings. The molecule has 2 unspecified atom stereocenters. The Hall–Kier alpha value is -0.810. The molecule has 3 nitrogen and oxygen atoms in total. The highest BCUT2D eigenvalue weighted by Gasteiger charge is 2.24. The Kier molecular flexibility index (Phi) is 7.05. The first-order chi connectivity index (χ1) is 8.65. The third kappa shape index (κ3) is 5.23. The van der Waals surface area contributed by atoms with Gasteiger partial charge in [-0.1, -0.05) is 37.3 Å². The molecular weight excluding hydrogens is 268 g/mol. The SMILES string of the molecule is CCSCCS(=O)C(Cc1ccccc1)C(=O)O. The summed E-state index contributed by atoms with van der Waals surface area (Å²) in [6.45, 7) is 2.03. The largest absolute Gasteiger partial charge is 0.480 e. The van der Waals surface area contributed by atoms with E-state index in [1.807, 2.05) is 37.3 Å². The molecule has 1 N–H and O–H groups in total. The number of carboxylic acids is 1. The molecule has 0 aliphatic heterocycles. The Labute approximate surface area is 114 Å². The standard InChI is InChI=1S/C13H18O3S2/c1-2-17-8-9-18(16)12(13(14)15)10-11-6-4-3-5-7-11/h3-7,12H,2,8-10H2,1H3,(H,14,15). The van der Waals surface area contributed by atoms with Crippen LogP contribution in [0.5, 0.6) is 0 Å². The second-order valence-corrected chi connectivity index (χ2v) is 6.93. The van der Waals surface area contributed by atoms with E-state index in [1.54, 1.807) is 11.8 Å². The molecule has 18 heavy (non-hydrogen) atoms. The van der Waals surface area contributed by atoms with Crippen LogP contribution in [-0.4, -0.2) is 37.8 Å². The minimum absolute atomic E-state index is 0.333. The van der Waals surface area contributed by atoms with Crippen molar-refractivity contribution < 1.29 is 14.1 Å². The molecule has 1 aromatic carbocycles. The van der Waals surface area contributed by atoms with Crippen molar-refractivity contribution in [3.05, 3.63) is 35.9 Å². The van der Waals surface area contributed by atoms with Crippen LogP contribution in [-0.2, 0) is 22.0 Å². The second-order valence-electron chi connectivity index (χ2n) is 3.80. The highest BCUT2D eigenvalue weighted by Crippen LogP contribution is 2.10. The lowest BCUT2D eigenvalue weighted by atomic mass is 10.1. The molecule has 2 atom stereocenters. The van der Waals surface area contributed by atoms with Crippen molar-refractivity contribution in [3.63, 3.8) is 0 Å². The fourth-order valence-corrected chi connectivity index (χ4v) is 3.85. The number of rotatable bonds is 8. The van der Waals surface area contributed by atoms with Gasteiger partial charge in [-0.05, 0) is 17.7 Å². The summed E-state index contributed by atoms with van der Waals surface area (Å²) in [6, 6.07) is 9.35. The van der Waals surface area contributed by atoms with E-state index in [9.17, 15) is 9.00 Å². The maximum absolute atomic E-state index is 12.0. The van der Waals surface area contributed by atoms with E-state index >= 15 is 0 Å². The molecule has 0 saturated heterocycles.